The van der Waals surface area contributed by atoms with Crippen molar-refractivity contribution in [2.75, 3.05) is 13.1 Å². The molecule has 0 amide bonds. The zero-order chi connectivity index (χ0) is 15.8. The number of nitrogens with zero attached hydrogens (tertiary/aromatic N) is 1. The molecule has 0 aliphatic carbocycles. The lowest BCUT2D eigenvalue weighted by molar-refractivity contribution is 0.00940. The van der Waals surface area contributed by atoms with Crippen molar-refractivity contribution in [2.45, 2.75) is 30.3 Å². The minimum atomic E-state index is -3.75. The number of aliphatic hydroxyl groups is 1. The van der Waals surface area contributed by atoms with Gasteiger partial charge in [-0.25, -0.2) is 8.42 Å². The summed E-state index contributed by atoms with van der Waals surface area (Å²) < 4.78 is 26.5. The minimum absolute atomic E-state index is 0.00173. The van der Waals surface area contributed by atoms with Gasteiger partial charge in [0.05, 0.1) is 10.6 Å². The predicted molar refractivity (Wildman–Crippen MR) is 86.0 cm³/mol. The highest BCUT2D eigenvalue weighted by Gasteiger charge is 2.36. The van der Waals surface area contributed by atoms with E-state index in [1.165, 1.54) is 22.5 Å². The van der Waals surface area contributed by atoms with Crippen LogP contribution in [0.5, 0.6) is 0 Å². The topological polar surface area (TPSA) is 83.6 Å². The number of halogens is 1. The van der Waals surface area contributed by atoms with Crippen LogP contribution in [0.2, 0.25) is 5.02 Å². The quantitative estimate of drug-likeness (QED) is 0.809. The number of hydrogen-bond acceptors (Lipinski definition) is 4. The molecular weight excluding hydrogens is 332 g/mol. The van der Waals surface area contributed by atoms with Crippen molar-refractivity contribution in [3.05, 3.63) is 28.8 Å². The van der Waals surface area contributed by atoms with E-state index in [-0.39, 0.29) is 21.5 Å². The summed E-state index contributed by atoms with van der Waals surface area (Å²) in [5, 5.41) is 10.1. The molecule has 0 aromatic heterocycles. The lowest BCUT2D eigenvalue weighted by Crippen LogP contribution is -2.48. The third kappa shape index (κ3) is 3.54. The Hall–Kier alpha value is -0.730. The summed E-state index contributed by atoms with van der Waals surface area (Å²) in [4.78, 5) is 0.156. The van der Waals surface area contributed by atoms with Crippen LogP contribution in [0.1, 0.15) is 25.3 Å². The van der Waals surface area contributed by atoms with Gasteiger partial charge in [0.2, 0.25) is 10.0 Å². The Balaban J connectivity index is 2.38. The first-order chi connectivity index (χ1) is 9.63. The van der Waals surface area contributed by atoms with E-state index >= 15 is 0 Å². The SMILES string of the molecule is CC1(O)CCCN(S(=O)(=O)c2ccc(C(N)=S)cc2Cl)C1. The highest BCUT2D eigenvalue weighted by atomic mass is 35.5. The molecule has 1 aromatic carbocycles. The first-order valence-corrected chi connectivity index (χ1v) is 8.68. The van der Waals surface area contributed by atoms with Gasteiger partial charge in [-0.05, 0) is 31.9 Å². The maximum Gasteiger partial charge on any atom is 0.244 e. The van der Waals surface area contributed by atoms with Crippen LogP contribution in [0, 0.1) is 0 Å². The van der Waals surface area contributed by atoms with Crippen molar-refractivity contribution < 1.29 is 13.5 Å². The summed E-state index contributed by atoms with van der Waals surface area (Å²) >= 11 is 10.9. The molecule has 1 atom stereocenters. The summed E-state index contributed by atoms with van der Waals surface area (Å²) in [6, 6.07) is 4.37. The summed E-state index contributed by atoms with van der Waals surface area (Å²) in [5.41, 5.74) is 5.00. The molecule has 8 heteroatoms. The van der Waals surface area contributed by atoms with Crippen molar-refractivity contribution in [1.29, 1.82) is 0 Å². The molecule has 3 N–H and O–H groups in total. The second-order valence-corrected chi connectivity index (χ2v) is 8.20. The standard InChI is InChI=1S/C13H17ClN2O3S2/c1-13(17)5-2-6-16(8-13)21(18,19)11-4-3-9(12(15)20)7-10(11)14/h3-4,7,17H,2,5-6,8H2,1H3,(H2,15,20). The van der Waals surface area contributed by atoms with Crippen LogP contribution in [0.4, 0.5) is 0 Å². The highest BCUT2D eigenvalue weighted by Crippen LogP contribution is 2.30. The van der Waals surface area contributed by atoms with Crippen LogP contribution >= 0.6 is 23.8 Å². The molecule has 1 aromatic rings. The molecule has 1 aliphatic rings. The number of hydrogen-bond donors (Lipinski definition) is 2. The van der Waals surface area contributed by atoms with E-state index in [2.05, 4.69) is 0 Å². The second kappa shape index (κ2) is 5.81. The Kier molecular flexibility index (Phi) is 4.60. The Labute approximate surface area is 134 Å². The van der Waals surface area contributed by atoms with Crippen LogP contribution in [0.25, 0.3) is 0 Å². The monoisotopic (exact) mass is 348 g/mol. The molecule has 1 fully saturated rings. The molecular formula is C13H17ClN2O3S2. The molecule has 21 heavy (non-hydrogen) atoms. The van der Waals surface area contributed by atoms with Crippen molar-refractivity contribution in [3.63, 3.8) is 0 Å². The zero-order valence-corrected chi connectivity index (χ0v) is 13.9. The predicted octanol–water partition coefficient (Wildman–Crippen LogP) is 1.51. The molecule has 1 heterocycles. The Morgan fingerprint density at radius 2 is 2.19 bits per heavy atom. The number of piperidine rings is 1. The number of thiocarbonyl (C=S) groups is 1. The third-order valence-corrected chi connectivity index (χ3v) is 6.04. The number of sulfonamides is 1. The third-order valence-electron chi connectivity index (χ3n) is 3.47. The van der Waals surface area contributed by atoms with Gasteiger partial charge in [0.25, 0.3) is 0 Å². The van der Waals surface area contributed by atoms with Gasteiger partial charge in [-0.2, -0.15) is 4.31 Å². The van der Waals surface area contributed by atoms with Crippen molar-refractivity contribution in [3.8, 4) is 0 Å². The second-order valence-electron chi connectivity index (χ2n) is 5.45. The first kappa shape index (κ1) is 16.6. The summed E-state index contributed by atoms with van der Waals surface area (Å²) in [5.74, 6) is 0. The largest absolute Gasteiger partial charge is 0.389 e. The van der Waals surface area contributed by atoms with E-state index < -0.39 is 15.6 Å². The smallest absolute Gasteiger partial charge is 0.244 e. The first-order valence-electron chi connectivity index (χ1n) is 6.45. The van der Waals surface area contributed by atoms with Gasteiger partial charge < -0.3 is 10.8 Å². The van der Waals surface area contributed by atoms with E-state index in [0.717, 1.165) is 0 Å². The molecule has 1 unspecified atom stereocenters. The van der Waals surface area contributed by atoms with Crippen molar-refractivity contribution in [2.24, 2.45) is 5.73 Å². The lowest BCUT2D eigenvalue weighted by atomic mass is 9.97. The van der Waals surface area contributed by atoms with Gasteiger partial charge in [0.1, 0.15) is 9.88 Å². The molecule has 1 saturated heterocycles. The number of nitrogens with two attached hydrogens (primary N) is 1. The normalized spacial score (nSPS) is 24.0. The van der Waals surface area contributed by atoms with Gasteiger partial charge in [0, 0.05) is 18.7 Å². The minimum Gasteiger partial charge on any atom is -0.389 e. The average Bonchev–Trinajstić information content (AvgIpc) is 2.36. The molecule has 0 bridgehead atoms. The summed E-state index contributed by atoms with van der Waals surface area (Å²) in [7, 11) is -3.75. The fourth-order valence-electron chi connectivity index (χ4n) is 2.38. The van der Waals surface area contributed by atoms with Crippen molar-refractivity contribution >= 4 is 38.8 Å². The maximum atomic E-state index is 12.6. The van der Waals surface area contributed by atoms with E-state index in [9.17, 15) is 13.5 Å². The molecule has 1 aliphatic heterocycles. The Bertz CT molecular complexity index is 674. The van der Waals surface area contributed by atoms with E-state index in [1.54, 1.807) is 6.92 Å². The molecule has 2 rings (SSSR count). The summed E-state index contributed by atoms with van der Waals surface area (Å²) in [6.07, 6.45) is 1.18. The lowest BCUT2D eigenvalue weighted by Gasteiger charge is -2.36. The number of benzene rings is 1. The molecule has 5 nitrogen and oxygen atoms in total. The van der Waals surface area contributed by atoms with Crippen LogP contribution in [-0.4, -0.2) is 41.5 Å². The molecule has 116 valence electrons. The molecule has 0 radical (unpaired) electrons. The van der Waals surface area contributed by atoms with Crippen LogP contribution in [0.15, 0.2) is 23.1 Å². The van der Waals surface area contributed by atoms with Crippen molar-refractivity contribution in [1.82, 2.24) is 4.31 Å². The Morgan fingerprint density at radius 1 is 1.52 bits per heavy atom. The zero-order valence-electron chi connectivity index (χ0n) is 11.5. The average molecular weight is 349 g/mol. The molecule has 0 saturated carbocycles. The van der Waals surface area contributed by atoms with Crippen LogP contribution in [-0.2, 0) is 10.0 Å². The summed E-state index contributed by atoms with van der Waals surface area (Å²) in [6.45, 7) is 2.06. The Morgan fingerprint density at radius 3 is 2.71 bits per heavy atom. The number of β-amino-alcohol motifs (C(OH)–C–C–N with tert-alkyl or cyclic N) is 1. The van der Waals surface area contributed by atoms with Crippen LogP contribution in [0.3, 0.4) is 0 Å². The molecule has 0 spiro atoms. The van der Waals surface area contributed by atoms with Crippen LogP contribution < -0.4 is 5.73 Å². The maximum absolute atomic E-state index is 12.6. The van der Waals surface area contributed by atoms with E-state index in [0.29, 0.717) is 24.9 Å². The highest BCUT2D eigenvalue weighted by molar-refractivity contribution is 7.89. The van der Waals surface area contributed by atoms with Gasteiger partial charge in [-0.3, -0.25) is 0 Å². The van der Waals surface area contributed by atoms with Gasteiger partial charge >= 0.3 is 0 Å². The van der Waals surface area contributed by atoms with Gasteiger partial charge in [-0.1, -0.05) is 29.9 Å². The van der Waals surface area contributed by atoms with Gasteiger partial charge in [-0.15, -0.1) is 0 Å². The number of rotatable bonds is 3. The van der Waals surface area contributed by atoms with E-state index in [1.807, 2.05) is 0 Å². The van der Waals surface area contributed by atoms with E-state index in [4.69, 9.17) is 29.6 Å². The fraction of sp³-hybridized carbons (Fsp3) is 0.462. The fourth-order valence-corrected chi connectivity index (χ4v) is 4.62. The van der Waals surface area contributed by atoms with Gasteiger partial charge in [0.15, 0.2) is 0 Å².